The quantitative estimate of drug-likeness (QED) is 0.447. The SMILES string of the molecule is NC(=O)c1nc2[nH]c(=O)[nH]c(=O)c2nc1C(N)=O. The van der Waals surface area contributed by atoms with E-state index in [0.29, 0.717) is 0 Å². The fourth-order valence-electron chi connectivity index (χ4n) is 1.33. The third kappa shape index (κ3) is 1.71. The molecule has 2 aromatic rings. The van der Waals surface area contributed by atoms with E-state index in [0.717, 1.165) is 0 Å². The molecule has 92 valence electrons. The van der Waals surface area contributed by atoms with Crippen LogP contribution in [-0.2, 0) is 0 Å². The van der Waals surface area contributed by atoms with Gasteiger partial charge in [-0.05, 0) is 0 Å². The average molecular weight is 250 g/mol. The molecule has 0 unspecified atom stereocenters. The number of nitrogens with zero attached hydrogens (tertiary/aromatic N) is 2. The number of carbonyl (C=O) groups is 2. The summed E-state index contributed by atoms with van der Waals surface area (Å²) in [6.45, 7) is 0. The number of primary amides is 2. The monoisotopic (exact) mass is 250 g/mol. The van der Waals surface area contributed by atoms with Gasteiger partial charge >= 0.3 is 5.69 Å². The van der Waals surface area contributed by atoms with Gasteiger partial charge in [0.1, 0.15) is 0 Å². The number of amides is 2. The second kappa shape index (κ2) is 3.76. The van der Waals surface area contributed by atoms with Crippen LogP contribution < -0.4 is 22.7 Å². The number of hydrogen-bond donors (Lipinski definition) is 4. The summed E-state index contributed by atoms with van der Waals surface area (Å²) in [4.78, 5) is 55.8. The zero-order valence-corrected chi connectivity index (χ0v) is 8.68. The second-order valence-corrected chi connectivity index (χ2v) is 3.25. The van der Waals surface area contributed by atoms with Crippen LogP contribution in [0.25, 0.3) is 11.2 Å². The lowest BCUT2D eigenvalue weighted by Crippen LogP contribution is -2.28. The fraction of sp³-hybridized carbons (Fsp3) is 0. The molecule has 0 saturated heterocycles. The van der Waals surface area contributed by atoms with Crippen LogP contribution in [0.2, 0.25) is 0 Å². The summed E-state index contributed by atoms with van der Waals surface area (Å²) in [6.07, 6.45) is 0. The van der Waals surface area contributed by atoms with Crippen molar-refractivity contribution >= 4 is 23.0 Å². The number of rotatable bonds is 2. The van der Waals surface area contributed by atoms with E-state index in [4.69, 9.17) is 11.5 Å². The van der Waals surface area contributed by atoms with Crippen molar-refractivity contribution in [3.8, 4) is 0 Å². The fourth-order valence-corrected chi connectivity index (χ4v) is 1.33. The second-order valence-electron chi connectivity index (χ2n) is 3.25. The van der Waals surface area contributed by atoms with Gasteiger partial charge in [-0.15, -0.1) is 0 Å². The Labute approximate surface area is 97.0 Å². The number of fused-ring (bicyclic) bond motifs is 1. The van der Waals surface area contributed by atoms with Crippen molar-refractivity contribution in [2.75, 3.05) is 0 Å². The molecule has 2 aromatic heterocycles. The van der Waals surface area contributed by atoms with Crippen LogP contribution in [0.4, 0.5) is 0 Å². The first-order valence-corrected chi connectivity index (χ1v) is 4.54. The van der Waals surface area contributed by atoms with Crippen molar-refractivity contribution in [3.05, 3.63) is 32.2 Å². The summed E-state index contributed by atoms with van der Waals surface area (Å²) in [5, 5.41) is 0. The van der Waals surface area contributed by atoms with Crippen LogP contribution in [-0.4, -0.2) is 31.8 Å². The molecule has 6 N–H and O–H groups in total. The summed E-state index contributed by atoms with van der Waals surface area (Å²) in [5.74, 6) is -2.12. The molecule has 2 heterocycles. The third-order valence-corrected chi connectivity index (χ3v) is 2.04. The molecule has 0 aliphatic carbocycles. The zero-order valence-electron chi connectivity index (χ0n) is 8.68. The highest BCUT2D eigenvalue weighted by Gasteiger charge is 2.19. The number of aromatic amines is 2. The van der Waals surface area contributed by atoms with Crippen LogP contribution in [0, 0.1) is 0 Å². The molecular weight excluding hydrogens is 244 g/mol. The van der Waals surface area contributed by atoms with Gasteiger partial charge in [-0.2, -0.15) is 0 Å². The maximum absolute atomic E-state index is 11.4. The van der Waals surface area contributed by atoms with E-state index >= 15 is 0 Å². The Morgan fingerprint density at radius 1 is 0.944 bits per heavy atom. The zero-order chi connectivity index (χ0) is 13.4. The van der Waals surface area contributed by atoms with Gasteiger partial charge in [0.05, 0.1) is 0 Å². The smallest absolute Gasteiger partial charge is 0.327 e. The molecule has 0 atom stereocenters. The molecule has 0 aromatic carbocycles. The highest BCUT2D eigenvalue weighted by atomic mass is 16.2. The standard InChI is InChI=1S/C8H6N6O4/c9-4(15)1-2(5(10)16)12-6-3(11-1)7(17)14-8(18)13-6/h(H2,9,15)(H2,10,16)(H2,12,13,14,17,18). The highest BCUT2D eigenvalue weighted by Crippen LogP contribution is 2.06. The molecule has 2 amide bonds. The van der Waals surface area contributed by atoms with Crippen LogP contribution in [0.5, 0.6) is 0 Å². The maximum Gasteiger partial charge on any atom is 0.327 e. The molecule has 18 heavy (non-hydrogen) atoms. The van der Waals surface area contributed by atoms with Gasteiger partial charge < -0.3 is 11.5 Å². The first kappa shape index (κ1) is 11.4. The minimum atomic E-state index is -1.07. The number of hydrogen-bond acceptors (Lipinski definition) is 6. The Morgan fingerprint density at radius 2 is 1.50 bits per heavy atom. The van der Waals surface area contributed by atoms with Gasteiger partial charge in [0, 0.05) is 0 Å². The summed E-state index contributed by atoms with van der Waals surface area (Å²) in [5.41, 5.74) is 6.65. The van der Waals surface area contributed by atoms with E-state index < -0.39 is 34.5 Å². The topological polar surface area (TPSA) is 178 Å². The van der Waals surface area contributed by atoms with E-state index in [9.17, 15) is 19.2 Å². The predicted octanol–water partition coefficient (Wildman–Crippen LogP) is -2.80. The molecule has 0 saturated carbocycles. The molecule has 0 fully saturated rings. The molecular formula is C8H6N6O4. The Balaban J connectivity index is 2.98. The van der Waals surface area contributed by atoms with Crippen LogP contribution in [0.15, 0.2) is 9.59 Å². The van der Waals surface area contributed by atoms with E-state index in [1.807, 2.05) is 4.98 Å². The van der Waals surface area contributed by atoms with Gasteiger partial charge in [-0.3, -0.25) is 24.4 Å². The number of carbonyl (C=O) groups excluding carboxylic acids is 2. The van der Waals surface area contributed by atoms with E-state index in [2.05, 4.69) is 15.0 Å². The molecule has 0 bridgehead atoms. The number of H-pyrrole nitrogens is 2. The Bertz CT molecular complexity index is 788. The highest BCUT2D eigenvalue weighted by molar-refractivity contribution is 6.04. The predicted molar refractivity (Wildman–Crippen MR) is 57.8 cm³/mol. The number of nitrogens with two attached hydrogens (primary N) is 2. The number of aromatic nitrogens is 4. The van der Waals surface area contributed by atoms with Crippen LogP contribution in [0.1, 0.15) is 21.0 Å². The Kier molecular flexibility index (Phi) is 2.39. The Hall–Kier alpha value is -3.04. The van der Waals surface area contributed by atoms with Gasteiger partial charge in [-0.1, -0.05) is 0 Å². The lowest BCUT2D eigenvalue weighted by atomic mass is 10.2. The van der Waals surface area contributed by atoms with Crippen LogP contribution >= 0.6 is 0 Å². The lowest BCUT2D eigenvalue weighted by molar-refractivity contribution is 0.0960. The van der Waals surface area contributed by atoms with Crippen molar-refractivity contribution in [3.63, 3.8) is 0 Å². The Morgan fingerprint density at radius 3 is 2.06 bits per heavy atom. The molecule has 0 spiro atoms. The summed E-state index contributed by atoms with van der Waals surface area (Å²) < 4.78 is 0. The third-order valence-electron chi connectivity index (χ3n) is 2.04. The molecule has 2 rings (SSSR count). The molecule has 0 aliphatic heterocycles. The van der Waals surface area contributed by atoms with Crippen molar-refractivity contribution in [1.82, 2.24) is 19.9 Å². The van der Waals surface area contributed by atoms with Gasteiger partial charge in [0.2, 0.25) is 0 Å². The van der Waals surface area contributed by atoms with Crippen molar-refractivity contribution in [2.24, 2.45) is 11.5 Å². The van der Waals surface area contributed by atoms with Crippen LogP contribution in [0.3, 0.4) is 0 Å². The minimum Gasteiger partial charge on any atom is -0.364 e. The van der Waals surface area contributed by atoms with Gasteiger partial charge in [0.25, 0.3) is 17.4 Å². The minimum absolute atomic E-state index is 0.262. The molecule has 0 radical (unpaired) electrons. The average Bonchev–Trinajstić information content (AvgIpc) is 2.26. The van der Waals surface area contributed by atoms with E-state index in [-0.39, 0.29) is 11.2 Å². The van der Waals surface area contributed by atoms with Gasteiger partial charge in [-0.25, -0.2) is 14.8 Å². The molecule has 10 heteroatoms. The van der Waals surface area contributed by atoms with Crippen molar-refractivity contribution in [2.45, 2.75) is 0 Å². The summed E-state index contributed by atoms with van der Waals surface area (Å²) in [7, 11) is 0. The largest absolute Gasteiger partial charge is 0.364 e. The van der Waals surface area contributed by atoms with E-state index in [1.54, 1.807) is 0 Å². The molecule has 0 aliphatic rings. The maximum atomic E-state index is 11.4. The van der Waals surface area contributed by atoms with Crippen molar-refractivity contribution < 1.29 is 9.59 Å². The normalized spacial score (nSPS) is 10.4. The first-order chi connectivity index (χ1) is 8.40. The van der Waals surface area contributed by atoms with Crippen molar-refractivity contribution in [1.29, 1.82) is 0 Å². The lowest BCUT2D eigenvalue weighted by Gasteiger charge is -2.02. The van der Waals surface area contributed by atoms with Gasteiger partial charge in [0.15, 0.2) is 22.6 Å². The first-order valence-electron chi connectivity index (χ1n) is 4.54. The number of nitrogens with one attached hydrogen (secondary N) is 2. The van der Waals surface area contributed by atoms with E-state index in [1.165, 1.54) is 0 Å². The summed E-state index contributed by atoms with van der Waals surface area (Å²) in [6, 6.07) is 0. The summed E-state index contributed by atoms with van der Waals surface area (Å²) >= 11 is 0. The molecule has 10 nitrogen and oxygen atoms in total.